The van der Waals surface area contributed by atoms with E-state index in [9.17, 15) is 10.0 Å². The van der Waals surface area contributed by atoms with Gasteiger partial charge in [-0.15, -0.1) is 4.91 Å². The van der Waals surface area contributed by atoms with Crippen LogP contribution in [0.25, 0.3) is 21.9 Å². The van der Waals surface area contributed by atoms with Crippen molar-refractivity contribution in [2.75, 3.05) is 6.61 Å². The van der Waals surface area contributed by atoms with Crippen LogP contribution in [0.4, 0.5) is 5.82 Å². The summed E-state index contributed by atoms with van der Waals surface area (Å²) in [6.45, 7) is 6.51. The molecule has 0 amide bonds. The number of benzene rings is 1. The van der Waals surface area contributed by atoms with Crippen molar-refractivity contribution in [1.82, 2.24) is 14.5 Å². The standard InChI is InChI=1S/C17H20N4O3/c1-4-24-9-13-19-14-15(21(13)10-17(2,3)22)11-7-5-6-8-12(11)18-16(14)20-23/h5-8,22H,4,9-10H2,1-3H3. The van der Waals surface area contributed by atoms with E-state index in [-0.39, 0.29) is 12.4 Å². The van der Waals surface area contributed by atoms with Gasteiger partial charge in [0.05, 0.1) is 23.2 Å². The molecule has 0 fully saturated rings. The van der Waals surface area contributed by atoms with Crippen molar-refractivity contribution in [2.24, 2.45) is 5.18 Å². The molecule has 1 aromatic carbocycles. The molecule has 0 bridgehead atoms. The van der Waals surface area contributed by atoms with E-state index in [1.54, 1.807) is 13.8 Å². The average Bonchev–Trinajstić information content (AvgIpc) is 2.89. The minimum absolute atomic E-state index is 0.0518. The molecular formula is C17H20N4O3. The Kier molecular flexibility index (Phi) is 4.29. The molecule has 2 aromatic heterocycles. The Morgan fingerprint density at radius 3 is 2.71 bits per heavy atom. The lowest BCUT2D eigenvalue weighted by molar-refractivity contribution is 0.0582. The highest BCUT2D eigenvalue weighted by Crippen LogP contribution is 2.32. The molecule has 3 aromatic rings. The predicted molar refractivity (Wildman–Crippen MR) is 92.1 cm³/mol. The highest BCUT2D eigenvalue weighted by Gasteiger charge is 2.23. The molecule has 0 radical (unpaired) electrons. The lowest BCUT2D eigenvalue weighted by atomic mass is 10.1. The summed E-state index contributed by atoms with van der Waals surface area (Å²) < 4.78 is 7.39. The summed E-state index contributed by atoms with van der Waals surface area (Å²) in [5, 5.41) is 14.2. The Hall–Kier alpha value is -2.38. The fraction of sp³-hybridized carbons (Fsp3) is 0.412. The van der Waals surface area contributed by atoms with Gasteiger partial charge in [-0.05, 0) is 32.0 Å². The van der Waals surface area contributed by atoms with E-state index >= 15 is 0 Å². The van der Waals surface area contributed by atoms with Gasteiger partial charge in [0.1, 0.15) is 17.9 Å². The number of hydrogen-bond acceptors (Lipinski definition) is 6. The summed E-state index contributed by atoms with van der Waals surface area (Å²) in [7, 11) is 0. The molecule has 7 nitrogen and oxygen atoms in total. The number of nitrogens with zero attached hydrogens (tertiary/aromatic N) is 4. The van der Waals surface area contributed by atoms with Crippen LogP contribution >= 0.6 is 0 Å². The highest BCUT2D eigenvalue weighted by atomic mass is 16.5. The van der Waals surface area contributed by atoms with Crippen LogP contribution in [0.15, 0.2) is 29.4 Å². The number of hydrogen-bond donors (Lipinski definition) is 1. The van der Waals surface area contributed by atoms with Crippen LogP contribution in [0.1, 0.15) is 26.6 Å². The van der Waals surface area contributed by atoms with Crippen LogP contribution in [0.3, 0.4) is 0 Å². The molecule has 0 saturated carbocycles. The van der Waals surface area contributed by atoms with Crippen molar-refractivity contribution < 1.29 is 9.84 Å². The van der Waals surface area contributed by atoms with Gasteiger partial charge in [0, 0.05) is 12.0 Å². The number of pyridine rings is 1. The minimum Gasteiger partial charge on any atom is -0.389 e. The number of para-hydroxylation sites is 1. The molecule has 3 rings (SSSR count). The van der Waals surface area contributed by atoms with Gasteiger partial charge in [-0.3, -0.25) is 0 Å². The van der Waals surface area contributed by atoms with Crippen molar-refractivity contribution in [2.45, 2.75) is 39.5 Å². The second-order valence-electron chi connectivity index (χ2n) is 6.30. The smallest absolute Gasteiger partial charge is 0.225 e. The molecule has 0 saturated heterocycles. The van der Waals surface area contributed by atoms with Gasteiger partial charge in [0.2, 0.25) is 5.82 Å². The maximum atomic E-state index is 11.2. The first-order valence-electron chi connectivity index (χ1n) is 7.86. The van der Waals surface area contributed by atoms with Crippen LogP contribution in [-0.2, 0) is 17.9 Å². The van der Waals surface area contributed by atoms with E-state index in [4.69, 9.17) is 4.74 Å². The van der Waals surface area contributed by atoms with Gasteiger partial charge < -0.3 is 14.4 Å². The number of imidazole rings is 1. The van der Waals surface area contributed by atoms with Crippen molar-refractivity contribution in [3.8, 4) is 0 Å². The third-order valence-electron chi connectivity index (χ3n) is 3.71. The first-order valence-corrected chi connectivity index (χ1v) is 7.86. The predicted octanol–water partition coefficient (Wildman–Crippen LogP) is 3.29. The molecule has 126 valence electrons. The maximum Gasteiger partial charge on any atom is 0.225 e. The quantitative estimate of drug-likeness (QED) is 0.701. The van der Waals surface area contributed by atoms with Crippen LogP contribution in [0.2, 0.25) is 0 Å². The number of aromatic nitrogens is 3. The summed E-state index contributed by atoms with van der Waals surface area (Å²) in [5.74, 6) is 0.688. The second-order valence-corrected chi connectivity index (χ2v) is 6.30. The number of nitroso groups, excluding NO2 is 1. The Morgan fingerprint density at radius 1 is 1.29 bits per heavy atom. The summed E-state index contributed by atoms with van der Waals surface area (Å²) in [5.41, 5.74) is 0.891. The van der Waals surface area contributed by atoms with Gasteiger partial charge in [-0.1, -0.05) is 18.2 Å². The SMILES string of the molecule is CCOCc1nc2c(N=O)nc3ccccc3c2n1CC(C)(C)O. The second kappa shape index (κ2) is 6.26. The van der Waals surface area contributed by atoms with Gasteiger partial charge in [-0.25, -0.2) is 9.97 Å². The molecule has 7 heteroatoms. The monoisotopic (exact) mass is 328 g/mol. The van der Waals surface area contributed by atoms with Gasteiger partial charge in [0.15, 0.2) is 0 Å². The number of aliphatic hydroxyl groups is 1. The number of fused-ring (bicyclic) bond motifs is 3. The zero-order valence-corrected chi connectivity index (χ0v) is 14.0. The summed E-state index contributed by atoms with van der Waals surface area (Å²) in [6.07, 6.45) is 0. The molecule has 0 spiro atoms. The van der Waals surface area contributed by atoms with E-state index in [0.29, 0.717) is 30.0 Å². The van der Waals surface area contributed by atoms with Crippen molar-refractivity contribution >= 4 is 27.8 Å². The lowest BCUT2D eigenvalue weighted by Crippen LogP contribution is -2.27. The van der Waals surface area contributed by atoms with E-state index in [2.05, 4.69) is 15.1 Å². The largest absolute Gasteiger partial charge is 0.389 e. The fourth-order valence-corrected chi connectivity index (χ4v) is 2.79. The van der Waals surface area contributed by atoms with Crippen LogP contribution in [-0.4, -0.2) is 31.8 Å². The zero-order valence-electron chi connectivity index (χ0n) is 14.0. The first-order chi connectivity index (χ1) is 11.4. The Morgan fingerprint density at radius 2 is 2.04 bits per heavy atom. The summed E-state index contributed by atoms with van der Waals surface area (Å²) >= 11 is 0. The third kappa shape index (κ3) is 3.00. The Bertz CT molecular complexity index is 896. The lowest BCUT2D eigenvalue weighted by Gasteiger charge is -2.20. The van der Waals surface area contributed by atoms with Crippen LogP contribution in [0, 0.1) is 4.91 Å². The number of ether oxygens (including phenoxy) is 1. The minimum atomic E-state index is -0.951. The maximum absolute atomic E-state index is 11.2. The zero-order chi connectivity index (χ0) is 17.3. The van der Waals surface area contributed by atoms with Crippen LogP contribution in [0.5, 0.6) is 0 Å². The number of rotatable bonds is 6. The van der Waals surface area contributed by atoms with Crippen molar-refractivity contribution in [1.29, 1.82) is 0 Å². The van der Waals surface area contributed by atoms with Crippen molar-refractivity contribution in [3.63, 3.8) is 0 Å². The molecule has 0 unspecified atom stereocenters. The van der Waals surface area contributed by atoms with E-state index in [1.807, 2.05) is 35.8 Å². The molecule has 0 aliphatic heterocycles. The summed E-state index contributed by atoms with van der Waals surface area (Å²) in [4.78, 5) is 20.1. The van der Waals surface area contributed by atoms with E-state index in [1.165, 1.54) is 0 Å². The molecule has 0 aliphatic carbocycles. The first kappa shape index (κ1) is 16.5. The van der Waals surface area contributed by atoms with Gasteiger partial charge in [0.25, 0.3) is 0 Å². The Balaban J connectivity index is 2.37. The van der Waals surface area contributed by atoms with E-state index in [0.717, 1.165) is 10.9 Å². The molecule has 2 heterocycles. The molecule has 24 heavy (non-hydrogen) atoms. The van der Waals surface area contributed by atoms with Crippen LogP contribution < -0.4 is 0 Å². The molecular weight excluding hydrogens is 308 g/mol. The van der Waals surface area contributed by atoms with E-state index < -0.39 is 5.60 Å². The normalized spacial score (nSPS) is 12.2. The van der Waals surface area contributed by atoms with Gasteiger partial charge >= 0.3 is 0 Å². The highest BCUT2D eigenvalue weighted by molar-refractivity contribution is 6.06. The van der Waals surface area contributed by atoms with Gasteiger partial charge in [-0.2, -0.15) is 0 Å². The molecule has 1 N–H and O–H groups in total. The van der Waals surface area contributed by atoms with Crippen molar-refractivity contribution in [3.05, 3.63) is 35.0 Å². The fourth-order valence-electron chi connectivity index (χ4n) is 2.79. The topological polar surface area (TPSA) is 89.6 Å². The average molecular weight is 328 g/mol. The Labute approximate surface area is 139 Å². The molecule has 0 aliphatic rings. The summed E-state index contributed by atoms with van der Waals surface area (Å²) in [6, 6.07) is 7.51. The third-order valence-corrected chi connectivity index (χ3v) is 3.71. The molecule has 0 atom stereocenters.